The first-order valence-corrected chi connectivity index (χ1v) is 10.4. The molecule has 0 saturated carbocycles. The number of hydrogen-bond acceptors (Lipinski definition) is 6. The number of pyridine rings is 1. The highest BCUT2D eigenvalue weighted by Crippen LogP contribution is 2.24. The maximum Gasteiger partial charge on any atom is 0.263 e. The van der Waals surface area contributed by atoms with E-state index in [-0.39, 0.29) is 23.6 Å². The molecule has 4 rings (SSSR count). The Morgan fingerprint density at radius 3 is 2.79 bits per heavy atom. The number of nitrogens with zero attached hydrogens (tertiary/aromatic N) is 6. The molecule has 4 aromatic rings. The van der Waals surface area contributed by atoms with Crippen molar-refractivity contribution in [1.29, 1.82) is 5.26 Å². The first kappa shape index (κ1) is 21.7. The van der Waals surface area contributed by atoms with E-state index in [4.69, 9.17) is 5.73 Å². The molecule has 8 heteroatoms. The lowest BCUT2D eigenvalue weighted by molar-refractivity contribution is 0.670. The molecule has 0 bridgehead atoms. The van der Waals surface area contributed by atoms with Crippen LogP contribution in [-0.4, -0.2) is 24.3 Å². The third-order valence-corrected chi connectivity index (χ3v) is 5.56. The third-order valence-electron chi connectivity index (χ3n) is 5.56. The standard InChI is InChI=1S/C25H23N7O/c1-5-8-15(3)20(6-2)32-18(11-17-10-7-9-16(4)21(17)25(32)33)13-31-24-22(19(12-26)30-31)23(27)28-14-29-24/h5-11,14H,2,13H2,1,3-4H3,(H2,27,28,29)/b8-5-,20-15+. The topological polar surface area (TPSA) is 115 Å². The molecule has 0 aliphatic carbocycles. The van der Waals surface area contributed by atoms with Crippen LogP contribution in [0, 0.1) is 18.3 Å². The summed E-state index contributed by atoms with van der Waals surface area (Å²) in [6.45, 7) is 9.92. The highest BCUT2D eigenvalue weighted by Gasteiger charge is 2.19. The Bertz CT molecular complexity index is 1580. The number of allylic oxidation sites excluding steroid dienone is 5. The molecule has 164 valence electrons. The van der Waals surface area contributed by atoms with Crippen molar-refractivity contribution >= 4 is 33.3 Å². The fraction of sp³-hybridized carbons (Fsp3) is 0.160. The van der Waals surface area contributed by atoms with Gasteiger partial charge in [-0.3, -0.25) is 9.36 Å². The zero-order valence-corrected chi connectivity index (χ0v) is 18.7. The second-order valence-corrected chi connectivity index (χ2v) is 7.66. The van der Waals surface area contributed by atoms with Gasteiger partial charge in [0.25, 0.3) is 5.56 Å². The van der Waals surface area contributed by atoms with Crippen LogP contribution in [0.15, 0.2) is 65.8 Å². The van der Waals surface area contributed by atoms with Crippen molar-refractivity contribution in [2.24, 2.45) is 0 Å². The van der Waals surface area contributed by atoms with Gasteiger partial charge in [-0.15, -0.1) is 0 Å². The second-order valence-electron chi connectivity index (χ2n) is 7.66. The van der Waals surface area contributed by atoms with E-state index in [1.165, 1.54) is 6.33 Å². The van der Waals surface area contributed by atoms with Crippen molar-refractivity contribution in [3.63, 3.8) is 0 Å². The molecule has 0 aliphatic heterocycles. The minimum absolute atomic E-state index is 0.137. The highest BCUT2D eigenvalue weighted by atomic mass is 16.1. The number of fused-ring (bicyclic) bond motifs is 2. The summed E-state index contributed by atoms with van der Waals surface area (Å²) in [5.41, 5.74) is 9.52. The van der Waals surface area contributed by atoms with Crippen LogP contribution in [0.25, 0.3) is 27.5 Å². The number of hydrogen-bond donors (Lipinski definition) is 1. The fourth-order valence-electron chi connectivity index (χ4n) is 4.11. The summed E-state index contributed by atoms with van der Waals surface area (Å²) >= 11 is 0. The quantitative estimate of drug-likeness (QED) is 0.473. The maximum atomic E-state index is 13.8. The van der Waals surface area contributed by atoms with E-state index >= 15 is 0 Å². The monoisotopic (exact) mass is 437 g/mol. The molecule has 0 fully saturated rings. The molecule has 0 spiro atoms. The lowest BCUT2D eigenvalue weighted by Crippen LogP contribution is -2.25. The van der Waals surface area contributed by atoms with Gasteiger partial charge in [0, 0.05) is 5.69 Å². The Hall–Kier alpha value is -4.51. The summed E-state index contributed by atoms with van der Waals surface area (Å²) in [4.78, 5) is 22.1. The molecular formula is C25H23N7O. The average Bonchev–Trinajstić information content (AvgIpc) is 3.15. The minimum atomic E-state index is -0.148. The number of nitrogens with two attached hydrogens (primary N) is 1. The molecule has 0 amide bonds. The van der Waals surface area contributed by atoms with Gasteiger partial charge in [-0.25, -0.2) is 14.6 Å². The lowest BCUT2D eigenvalue weighted by atomic mass is 10.1. The normalized spacial score (nSPS) is 12.3. The van der Waals surface area contributed by atoms with Gasteiger partial charge in [-0.2, -0.15) is 10.4 Å². The van der Waals surface area contributed by atoms with Crippen molar-refractivity contribution in [1.82, 2.24) is 24.3 Å². The van der Waals surface area contributed by atoms with Crippen LogP contribution in [0.4, 0.5) is 5.82 Å². The average molecular weight is 438 g/mol. The van der Waals surface area contributed by atoms with Crippen molar-refractivity contribution in [2.45, 2.75) is 27.3 Å². The van der Waals surface area contributed by atoms with Crippen molar-refractivity contribution in [3.05, 3.63) is 88.3 Å². The maximum absolute atomic E-state index is 13.8. The summed E-state index contributed by atoms with van der Waals surface area (Å²) in [5, 5.41) is 15.8. The molecule has 0 saturated heterocycles. The number of aryl methyl sites for hydroxylation is 1. The van der Waals surface area contributed by atoms with Gasteiger partial charge in [0.15, 0.2) is 11.3 Å². The molecule has 2 N–H and O–H groups in total. The van der Waals surface area contributed by atoms with Crippen LogP contribution >= 0.6 is 0 Å². The van der Waals surface area contributed by atoms with E-state index < -0.39 is 0 Å². The van der Waals surface area contributed by atoms with Crippen LogP contribution in [0.3, 0.4) is 0 Å². The van der Waals surface area contributed by atoms with E-state index in [2.05, 4.69) is 27.7 Å². The van der Waals surface area contributed by atoms with Gasteiger partial charge in [0.2, 0.25) is 0 Å². The van der Waals surface area contributed by atoms with Crippen LogP contribution in [0.1, 0.15) is 30.8 Å². The Morgan fingerprint density at radius 2 is 2.09 bits per heavy atom. The fourth-order valence-corrected chi connectivity index (χ4v) is 4.11. The van der Waals surface area contributed by atoms with E-state index in [0.29, 0.717) is 27.8 Å². The minimum Gasteiger partial charge on any atom is -0.383 e. The zero-order valence-electron chi connectivity index (χ0n) is 18.7. The predicted molar refractivity (Wildman–Crippen MR) is 130 cm³/mol. The molecule has 1 aromatic carbocycles. The molecule has 33 heavy (non-hydrogen) atoms. The third kappa shape index (κ3) is 3.59. The molecule has 0 unspecified atom stereocenters. The zero-order chi connectivity index (χ0) is 23.7. The summed E-state index contributed by atoms with van der Waals surface area (Å²) in [5.74, 6) is 0.185. The number of nitrogen functional groups attached to an aromatic ring is 1. The van der Waals surface area contributed by atoms with Crippen molar-refractivity contribution in [2.75, 3.05) is 5.73 Å². The first-order valence-electron chi connectivity index (χ1n) is 10.4. The van der Waals surface area contributed by atoms with Gasteiger partial charge in [-0.1, -0.05) is 36.9 Å². The Balaban J connectivity index is 2.07. The van der Waals surface area contributed by atoms with E-state index in [9.17, 15) is 10.1 Å². The number of benzene rings is 1. The number of rotatable bonds is 5. The largest absolute Gasteiger partial charge is 0.383 e. The van der Waals surface area contributed by atoms with Gasteiger partial charge in [0.1, 0.15) is 18.2 Å². The van der Waals surface area contributed by atoms with Gasteiger partial charge in [-0.05, 0) is 49.4 Å². The number of anilines is 1. The Kier molecular flexibility index (Phi) is 5.63. The lowest BCUT2D eigenvalue weighted by Gasteiger charge is -2.18. The molecule has 3 heterocycles. The molecular weight excluding hydrogens is 414 g/mol. The van der Waals surface area contributed by atoms with Crippen LogP contribution < -0.4 is 11.3 Å². The number of aromatic nitrogens is 5. The smallest absolute Gasteiger partial charge is 0.263 e. The second kappa shape index (κ2) is 8.55. The Labute approximate surface area is 190 Å². The van der Waals surface area contributed by atoms with E-state index in [1.807, 2.05) is 57.2 Å². The van der Waals surface area contributed by atoms with Gasteiger partial charge in [0.05, 0.1) is 23.0 Å². The van der Waals surface area contributed by atoms with Crippen LogP contribution in [-0.2, 0) is 6.54 Å². The molecule has 3 aromatic heterocycles. The van der Waals surface area contributed by atoms with Crippen LogP contribution in [0.2, 0.25) is 0 Å². The van der Waals surface area contributed by atoms with E-state index in [0.717, 1.165) is 16.5 Å². The summed E-state index contributed by atoms with van der Waals surface area (Å²) in [7, 11) is 0. The van der Waals surface area contributed by atoms with Gasteiger partial charge < -0.3 is 5.73 Å². The molecule has 8 nitrogen and oxygen atoms in total. The summed E-state index contributed by atoms with van der Waals surface area (Å²) in [6, 6.07) is 9.77. The first-order chi connectivity index (χ1) is 15.9. The van der Waals surface area contributed by atoms with Crippen LogP contribution in [0.5, 0.6) is 0 Å². The molecule has 0 radical (unpaired) electrons. The summed E-state index contributed by atoms with van der Waals surface area (Å²) in [6.07, 6.45) is 6.85. The predicted octanol–water partition coefficient (Wildman–Crippen LogP) is 3.94. The SMILES string of the molecule is C=C/C(=C(C)\C=C/C)n1c(Cn2nc(C#N)c3c(N)ncnc32)cc2cccc(C)c2c1=O. The Morgan fingerprint density at radius 1 is 1.30 bits per heavy atom. The van der Waals surface area contributed by atoms with Crippen molar-refractivity contribution in [3.8, 4) is 6.07 Å². The summed E-state index contributed by atoms with van der Waals surface area (Å²) < 4.78 is 3.23. The van der Waals surface area contributed by atoms with E-state index in [1.54, 1.807) is 15.3 Å². The molecule has 0 aliphatic rings. The highest BCUT2D eigenvalue weighted by molar-refractivity contribution is 5.90. The van der Waals surface area contributed by atoms with Crippen molar-refractivity contribution < 1.29 is 0 Å². The number of nitriles is 1. The van der Waals surface area contributed by atoms with Gasteiger partial charge >= 0.3 is 0 Å². The molecule has 0 atom stereocenters.